The average molecular weight is 565 g/mol. The van der Waals surface area contributed by atoms with Gasteiger partial charge in [0.1, 0.15) is 5.41 Å². The molecule has 0 spiro atoms. The molecule has 226 valence electrons. The predicted octanol–water partition coefficient (Wildman–Crippen LogP) is 7.01. The summed E-state index contributed by atoms with van der Waals surface area (Å²) in [6.07, 6.45) is 6.95. The van der Waals surface area contributed by atoms with E-state index in [0.717, 1.165) is 24.0 Å². The van der Waals surface area contributed by atoms with Crippen molar-refractivity contribution in [1.29, 1.82) is 0 Å². The van der Waals surface area contributed by atoms with Crippen LogP contribution >= 0.6 is 0 Å². The third-order valence-corrected chi connectivity index (χ3v) is 9.11. The lowest BCUT2D eigenvalue weighted by Gasteiger charge is -2.53. The quantitative estimate of drug-likeness (QED) is 0.191. The molecule has 0 aliphatic heterocycles. The Balaban J connectivity index is 2.47. The van der Waals surface area contributed by atoms with Gasteiger partial charge in [-0.05, 0) is 49.7 Å². The Morgan fingerprint density at radius 1 is 0.732 bits per heavy atom. The highest BCUT2D eigenvalue weighted by molar-refractivity contribution is 6.05. The minimum Gasteiger partial charge on any atom is -0.387 e. The van der Waals surface area contributed by atoms with Gasteiger partial charge in [0.05, 0.1) is 23.3 Å². The Hall–Kier alpha value is -2.70. The van der Waals surface area contributed by atoms with Gasteiger partial charge in [0.25, 0.3) is 0 Å². The summed E-state index contributed by atoms with van der Waals surface area (Å²) >= 11 is 0. The first-order valence-electron chi connectivity index (χ1n) is 15.8. The van der Waals surface area contributed by atoms with E-state index in [4.69, 9.17) is 5.73 Å². The van der Waals surface area contributed by atoms with Gasteiger partial charge in [-0.15, -0.1) is 0 Å². The van der Waals surface area contributed by atoms with Crippen molar-refractivity contribution in [2.75, 3.05) is 0 Å². The number of carbonyl (C=O) groups is 2. The van der Waals surface area contributed by atoms with E-state index in [1.165, 1.54) is 0 Å². The first kappa shape index (κ1) is 32.8. The third kappa shape index (κ3) is 6.86. The molecule has 2 atom stereocenters. The molecule has 2 amide bonds. The van der Waals surface area contributed by atoms with Crippen LogP contribution in [-0.2, 0) is 9.59 Å². The Morgan fingerprint density at radius 3 is 1.37 bits per heavy atom. The lowest BCUT2D eigenvalue weighted by atomic mass is 9.73. The Morgan fingerprint density at radius 2 is 1.07 bits per heavy atom. The summed E-state index contributed by atoms with van der Waals surface area (Å²) in [5.74, 6) is -0.992. The molecule has 1 fully saturated rings. The molecule has 6 nitrogen and oxygen atoms in total. The van der Waals surface area contributed by atoms with Crippen LogP contribution in [0.2, 0.25) is 0 Å². The smallest absolute Gasteiger partial charge is 0.239 e. The second-order valence-corrected chi connectivity index (χ2v) is 12.2. The standard InChI is InChI=1S/C35H52N2O4/c1-5-21-34(40,22-6-2)29(27-17-11-9-12-18-27)37(32(39)33(31(36)38)25-15-16-26-33)30(28-19-13-10-14-20-28)35(41,23-7-3)24-8-4/h9-14,17-20,29-30,40-41H,5-8,15-16,21-26H2,1-4H3,(H2,36,38)/t29-,30-/m1/s1. The number of hydrogen-bond acceptors (Lipinski definition) is 4. The van der Waals surface area contributed by atoms with Crippen molar-refractivity contribution in [3.8, 4) is 0 Å². The summed E-state index contributed by atoms with van der Waals surface area (Å²) in [5, 5.41) is 25.3. The van der Waals surface area contributed by atoms with Crippen molar-refractivity contribution in [3.05, 3.63) is 71.8 Å². The second kappa shape index (κ2) is 14.5. The maximum atomic E-state index is 15.3. The van der Waals surface area contributed by atoms with E-state index in [1.807, 2.05) is 88.4 Å². The number of primary amides is 1. The minimum atomic E-state index is -1.38. The highest BCUT2D eigenvalue weighted by atomic mass is 16.3. The molecule has 0 saturated heterocycles. The molecular weight excluding hydrogens is 512 g/mol. The van der Waals surface area contributed by atoms with E-state index in [2.05, 4.69) is 0 Å². The predicted molar refractivity (Wildman–Crippen MR) is 165 cm³/mol. The number of nitrogens with zero attached hydrogens (tertiary/aromatic N) is 1. The SMILES string of the molecule is CCCC(O)(CCC)[C@@H](c1ccccc1)N(C(=O)C1(C(N)=O)CCCC1)[C@H](c1ccccc1)C(O)(CCC)CCC. The number of rotatable bonds is 16. The Labute approximate surface area is 247 Å². The van der Waals surface area contributed by atoms with Gasteiger partial charge in [-0.1, -0.05) is 127 Å². The molecule has 2 aromatic carbocycles. The molecule has 41 heavy (non-hydrogen) atoms. The molecule has 3 rings (SSSR count). The van der Waals surface area contributed by atoms with Crippen LogP contribution in [0.3, 0.4) is 0 Å². The van der Waals surface area contributed by atoms with Gasteiger partial charge in [0.2, 0.25) is 11.8 Å². The van der Waals surface area contributed by atoms with E-state index in [-0.39, 0.29) is 5.91 Å². The minimum absolute atomic E-state index is 0.374. The summed E-state index contributed by atoms with van der Waals surface area (Å²) < 4.78 is 0. The van der Waals surface area contributed by atoms with Gasteiger partial charge in [-0.3, -0.25) is 9.59 Å². The normalized spacial score (nSPS) is 16.7. The molecule has 6 heteroatoms. The molecule has 0 heterocycles. The van der Waals surface area contributed by atoms with Gasteiger partial charge in [-0.2, -0.15) is 0 Å². The largest absolute Gasteiger partial charge is 0.387 e. The monoisotopic (exact) mass is 564 g/mol. The fourth-order valence-corrected chi connectivity index (χ4v) is 7.43. The second-order valence-electron chi connectivity index (χ2n) is 12.2. The third-order valence-electron chi connectivity index (χ3n) is 9.11. The van der Waals surface area contributed by atoms with Gasteiger partial charge in [0.15, 0.2) is 0 Å². The van der Waals surface area contributed by atoms with E-state index in [9.17, 15) is 15.0 Å². The van der Waals surface area contributed by atoms with Gasteiger partial charge < -0.3 is 20.8 Å². The first-order valence-corrected chi connectivity index (χ1v) is 15.8. The topological polar surface area (TPSA) is 104 Å². The maximum Gasteiger partial charge on any atom is 0.239 e. The van der Waals surface area contributed by atoms with Crippen LogP contribution in [0.25, 0.3) is 0 Å². The molecule has 2 aromatic rings. The fourth-order valence-electron chi connectivity index (χ4n) is 7.43. The number of nitrogens with two attached hydrogens (primary N) is 1. The molecule has 0 aromatic heterocycles. The zero-order chi connectivity index (χ0) is 30.1. The van der Waals surface area contributed by atoms with E-state index in [1.54, 1.807) is 4.90 Å². The first-order chi connectivity index (χ1) is 19.6. The molecule has 1 saturated carbocycles. The van der Waals surface area contributed by atoms with Gasteiger partial charge in [-0.25, -0.2) is 0 Å². The lowest BCUT2D eigenvalue weighted by molar-refractivity contribution is -0.175. The number of carbonyl (C=O) groups excluding carboxylic acids is 2. The molecule has 0 bridgehead atoms. The number of benzene rings is 2. The molecule has 0 unspecified atom stereocenters. The van der Waals surface area contributed by atoms with Gasteiger partial charge in [0, 0.05) is 0 Å². The molecular formula is C35H52N2O4. The van der Waals surface area contributed by atoms with Crippen molar-refractivity contribution in [1.82, 2.24) is 4.90 Å². The van der Waals surface area contributed by atoms with Crippen LogP contribution in [0, 0.1) is 5.41 Å². The van der Waals surface area contributed by atoms with Crippen molar-refractivity contribution in [2.45, 2.75) is 128 Å². The highest BCUT2D eigenvalue weighted by Crippen LogP contribution is 2.51. The summed E-state index contributed by atoms with van der Waals surface area (Å²) in [6, 6.07) is 17.8. The Bertz CT molecular complexity index is 1020. The number of aliphatic hydroxyl groups is 2. The summed E-state index contributed by atoms with van der Waals surface area (Å²) in [4.78, 5) is 30.2. The summed E-state index contributed by atoms with van der Waals surface area (Å²) in [5.41, 5.74) is 3.72. The van der Waals surface area contributed by atoms with E-state index >= 15 is 4.79 Å². The van der Waals surface area contributed by atoms with E-state index < -0.39 is 34.6 Å². The van der Waals surface area contributed by atoms with Crippen LogP contribution in [0.5, 0.6) is 0 Å². The molecule has 0 radical (unpaired) electrons. The molecule has 4 N–H and O–H groups in total. The maximum absolute atomic E-state index is 15.3. The average Bonchev–Trinajstić information content (AvgIpc) is 3.46. The van der Waals surface area contributed by atoms with Crippen LogP contribution in [0.15, 0.2) is 60.7 Å². The number of hydrogen-bond donors (Lipinski definition) is 3. The zero-order valence-corrected chi connectivity index (χ0v) is 25.6. The zero-order valence-electron chi connectivity index (χ0n) is 25.6. The fraction of sp³-hybridized carbons (Fsp3) is 0.600. The lowest BCUT2D eigenvalue weighted by Crippen LogP contribution is -2.60. The molecule has 1 aliphatic rings. The van der Waals surface area contributed by atoms with E-state index in [0.29, 0.717) is 64.2 Å². The molecule has 1 aliphatic carbocycles. The Kier molecular flexibility index (Phi) is 11.6. The number of amides is 2. The summed E-state index contributed by atoms with van der Waals surface area (Å²) in [7, 11) is 0. The van der Waals surface area contributed by atoms with Crippen molar-refractivity contribution >= 4 is 11.8 Å². The summed E-state index contributed by atoms with van der Waals surface area (Å²) in [6.45, 7) is 8.15. The van der Waals surface area contributed by atoms with Gasteiger partial charge >= 0.3 is 0 Å². The van der Waals surface area contributed by atoms with Crippen molar-refractivity contribution in [3.63, 3.8) is 0 Å². The van der Waals surface area contributed by atoms with Crippen LogP contribution < -0.4 is 5.73 Å². The van der Waals surface area contributed by atoms with Crippen molar-refractivity contribution in [2.24, 2.45) is 11.1 Å². The highest BCUT2D eigenvalue weighted by Gasteiger charge is 2.57. The van der Waals surface area contributed by atoms with Crippen LogP contribution in [-0.4, -0.2) is 38.1 Å². The van der Waals surface area contributed by atoms with Crippen LogP contribution in [0.1, 0.15) is 128 Å². The van der Waals surface area contributed by atoms with Crippen LogP contribution in [0.4, 0.5) is 0 Å². The van der Waals surface area contributed by atoms with Crippen molar-refractivity contribution < 1.29 is 19.8 Å².